The van der Waals surface area contributed by atoms with Crippen LogP contribution >= 0.6 is 24.0 Å². The molecule has 0 aromatic heterocycles. The molecule has 0 saturated carbocycles. The fraction of sp³-hybridized carbons (Fsp3) is 0.947. The van der Waals surface area contributed by atoms with Crippen LogP contribution in [0.5, 0.6) is 0 Å². The second-order valence-corrected chi connectivity index (χ2v) is 11.9. The molecule has 28 heavy (non-hydrogen) atoms. The molecule has 9 heteroatoms. The molecule has 2 fully saturated rings. The number of ether oxygens (including phenoxy) is 1. The maximum absolute atomic E-state index is 12.3. The van der Waals surface area contributed by atoms with Gasteiger partial charge in [0.15, 0.2) is 15.8 Å². The predicted molar refractivity (Wildman–Crippen MR) is 126 cm³/mol. The summed E-state index contributed by atoms with van der Waals surface area (Å²) >= 11 is 0. The maximum Gasteiger partial charge on any atom is 0.194 e. The van der Waals surface area contributed by atoms with E-state index in [1.807, 2.05) is 6.92 Å². The number of halogens is 1. The molecular formula is C19H39IN4O3S. The van der Waals surface area contributed by atoms with E-state index in [-0.39, 0.29) is 47.5 Å². The fourth-order valence-corrected chi connectivity index (χ4v) is 5.16. The van der Waals surface area contributed by atoms with E-state index >= 15 is 0 Å². The lowest BCUT2D eigenvalue weighted by Gasteiger charge is -2.45. The van der Waals surface area contributed by atoms with Gasteiger partial charge < -0.3 is 15.0 Å². The highest BCUT2D eigenvalue weighted by Gasteiger charge is 2.41. The van der Waals surface area contributed by atoms with Gasteiger partial charge in [0.25, 0.3) is 0 Å². The average molecular weight is 531 g/mol. The van der Waals surface area contributed by atoms with Gasteiger partial charge in [0.1, 0.15) is 0 Å². The molecule has 2 rings (SSSR count). The fourth-order valence-electron chi connectivity index (χ4n) is 3.79. The molecule has 1 N–H and O–H groups in total. The van der Waals surface area contributed by atoms with Crippen molar-refractivity contribution in [2.45, 2.75) is 71.0 Å². The number of nitrogens with zero attached hydrogens (tertiary/aromatic N) is 3. The van der Waals surface area contributed by atoms with E-state index in [1.165, 1.54) is 0 Å². The van der Waals surface area contributed by atoms with Gasteiger partial charge in [0, 0.05) is 38.3 Å². The molecule has 0 aromatic carbocycles. The molecule has 2 atom stereocenters. The Kier molecular flexibility index (Phi) is 9.05. The normalized spacial score (nSPS) is 28.5. The van der Waals surface area contributed by atoms with Crippen LogP contribution < -0.4 is 5.32 Å². The Morgan fingerprint density at radius 1 is 1.25 bits per heavy atom. The standard InChI is InChI=1S/C19H38N4O3S.HI/c1-8-20-17(22-9-10-27(24,25)19(6,7)14-22)21-13-18(4,5)23-11-15(2)26-16(3)12-23;/h15-16H,8-14H2,1-7H3,(H,20,21);1H. The highest BCUT2D eigenvalue weighted by molar-refractivity contribution is 14.0. The summed E-state index contributed by atoms with van der Waals surface area (Å²) in [5.74, 6) is 0.981. The van der Waals surface area contributed by atoms with Crippen LogP contribution in [-0.2, 0) is 14.6 Å². The Hall–Kier alpha value is -0.130. The van der Waals surface area contributed by atoms with Crippen molar-refractivity contribution < 1.29 is 13.2 Å². The molecule has 2 saturated heterocycles. The number of rotatable bonds is 4. The first-order valence-corrected chi connectivity index (χ1v) is 11.7. The zero-order chi connectivity index (χ0) is 20.5. The van der Waals surface area contributed by atoms with E-state index in [4.69, 9.17) is 9.73 Å². The Bertz CT molecular complexity index is 642. The third kappa shape index (κ3) is 6.18. The average Bonchev–Trinajstić information content (AvgIpc) is 2.53. The predicted octanol–water partition coefficient (Wildman–Crippen LogP) is 1.97. The minimum absolute atomic E-state index is 0. The van der Waals surface area contributed by atoms with Crippen LogP contribution in [0, 0.1) is 0 Å². The third-order valence-electron chi connectivity index (χ3n) is 5.57. The molecule has 7 nitrogen and oxygen atoms in total. The molecule has 0 bridgehead atoms. The summed E-state index contributed by atoms with van der Waals surface area (Å²) in [6.07, 6.45) is 0.441. The highest BCUT2D eigenvalue weighted by atomic mass is 127. The molecule has 0 aromatic rings. The van der Waals surface area contributed by atoms with Crippen LogP contribution in [0.15, 0.2) is 4.99 Å². The lowest BCUT2D eigenvalue weighted by molar-refractivity contribution is -0.0939. The molecular weight excluding hydrogens is 491 g/mol. The van der Waals surface area contributed by atoms with Crippen molar-refractivity contribution in [2.24, 2.45) is 4.99 Å². The summed E-state index contributed by atoms with van der Waals surface area (Å²) in [6.45, 7) is 18.5. The number of hydrogen-bond donors (Lipinski definition) is 1. The first kappa shape index (κ1) is 25.9. The topological polar surface area (TPSA) is 74.2 Å². The van der Waals surface area contributed by atoms with Crippen LogP contribution in [-0.4, -0.2) is 91.7 Å². The number of hydrogen-bond acceptors (Lipinski definition) is 5. The zero-order valence-corrected chi connectivity index (χ0v) is 21.6. The SMILES string of the molecule is CCNC(=NCC(C)(C)N1CC(C)OC(C)C1)N1CCS(=O)(=O)C(C)(C)C1.I. The van der Waals surface area contributed by atoms with Crippen molar-refractivity contribution in [3.8, 4) is 0 Å². The molecule has 0 amide bonds. The number of sulfone groups is 1. The maximum atomic E-state index is 12.3. The second-order valence-electron chi connectivity index (χ2n) is 9.15. The minimum atomic E-state index is -3.06. The van der Waals surface area contributed by atoms with Gasteiger partial charge in [-0.1, -0.05) is 0 Å². The van der Waals surface area contributed by atoms with Crippen LogP contribution in [0.3, 0.4) is 0 Å². The quantitative estimate of drug-likeness (QED) is 0.341. The van der Waals surface area contributed by atoms with E-state index in [0.29, 0.717) is 19.6 Å². The van der Waals surface area contributed by atoms with Crippen LogP contribution in [0.1, 0.15) is 48.5 Å². The number of aliphatic imine (C=N–C) groups is 1. The van der Waals surface area contributed by atoms with E-state index in [2.05, 4.69) is 42.8 Å². The van der Waals surface area contributed by atoms with Crippen molar-refractivity contribution in [1.82, 2.24) is 15.1 Å². The van der Waals surface area contributed by atoms with Gasteiger partial charge in [-0.05, 0) is 48.5 Å². The second kappa shape index (κ2) is 9.78. The van der Waals surface area contributed by atoms with Gasteiger partial charge in [-0.15, -0.1) is 24.0 Å². The molecule has 166 valence electrons. The lowest BCUT2D eigenvalue weighted by atomic mass is 10.0. The molecule has 0 radical (unpaired) electrons. The summed E-state index contributed by atoms with van der Waals surface area (Å²) in [5.41, 5.74) is -0.0929. The molecule has 2 heterocycles. The third-order valence-corrected chi connectivity index (χ3v) is 8.10. The van der Waals surface area contributed by atoms with Crippen molar-refractivity contribution in [3.63, 3.8) is 0 Å². The van der Waals surface area contributed by atoms with Crippen molar-refractivity contribution in [1.29, 1.82) is 0 Å². The van der Waals surface area contributed by atoms with E-state index < -0.39 is 14.6 Å². The smallest absolute Gasteiger partial charge is 0.194 e. The Morgan fingerprint density at radius 2 is 1.82 bits per heavy atom. The van der Waals surface area contributed by atoms with E-state index in [1.54, 1.807) is 13.8 Å². The first-order chi connectivity index (χ1) is 12.4. The van der Waals surface area contributed by atoms with Crippen LogP contribution in [0.25, 0.3) is 0 Å². The Balaban J connectivity index is 0.00000392. The molecule has 0 spiro atoms. The van der Waals surface area contributed by atoms with Gasteiger partial charge in [-0.2, -0.15) is 0 Å². The molecule has 2 aliphatic rings. The van der Waals surface area contributed by atoms with Gasteiger partial charge >= 0.3 is 0 Å². The van der Waals surface area contributed by atoms with E-state index in [0.717, 1.165) is 25.6 Å². The van der Waals surface area contributed by atoms with Gasteiger partial charge in [-0.25, -0.2) is 8.42 Å². The van der Waals surface area contributed by atoms with Gasteiger partial charge in [0.2, 0.25) is 0 Å². The van der Waals surface area contributed by atoms with Crippen molar-refractivity contribution in [2.75, 3.05) is 45.0 Å². The van der Waals surface area contributed by atoms with Crippen LogP contribution in [0.2, 0.25) is 0 Å². The monoisotopic (exact) mass is 530 g/mol. The Labute approximate surface area is 188 Å². The molecule has 0 aliphatic carbocycles. The first-order valence-electron chi connectivity index (χ1n) is 10.0. The van der Waals surface area contributed by atoms with Gasteiger partial charge in [-0.3, -0.25) is 9.89 Å². The van der Waals surface area contributed by atoms with E-state index in [9.17, 15) is 8.42 Å². The summed E-state index contributed by atoms with van der Waals surface area (Å²) in [5, 5.41) is 3.35. The zero-order valence-electron chi connectivity index (χ0n) is 18.5. The summed E-state index contributed by atoms with van der Waals surface area (Å²) < 4.78 is 29.7. The lowest BCUT2D eigenvalue weighted by Crippen LogP contribution is -2.58. The Morgan fingerprint density at radius 3 is 2.32 bits per heavy atom. The van der Waals surface area contributed by atoms with Crippen LogP contribution in [0.4, 0.5) is 0 Å². The molecule has 2 aliphatic heterocycles. The summed E-state index contributed by atoms with van der Waals surface area (Å²) in [6, 6.07) is 0. The van der Waals surface area contributed by atoms with Gasteiger partial charge in [0.05, 0.1) is 29.3 Å². The number of morpholine rings is 1. The number of guanidine groups is 1. The molecule has 2 unspecified atom stereocenters. The minimum Gasteiger partial charge on any atom is -0.373 e. The summed E-state index contributed by atoms with van der Waals surface area (Å²) in [4.78, 5) is 9.44. The van der Waals surface area contributed by atoms with Crippen molar-refractivity contribution >= 4 is 39.8 Å². The van der Waals surface area contributed by atoms with Crippen molar-refractivity contribution in [3.05, 3.63) is 0 Å². The largest absolute Gasteiger partial charge is 0.373 e. The summed E-state index contributed by atoms with van der Waals surface area (Å²) in [7, 11) is -3.06. The number of nitrogens with one attached hydrogen (secondary N) is 1. The highest BCUT2D eigenvalue weighted by Crippen LogP contribution is 2.25.